The van der Waals surface area contributed by atoms with Gasteiger partial charge in [0.1, 0.15) is 0 Å². The van der Waals surface area contributed by atoms with E-state index in [4.69, 9.17) is 0 Å². The van der Waals surface area contributed by atoms with Gasteiger partial charge in [0.15, 0.2) is 0 Å². The Morgan fingerprint density at radius 1 is 0.607 bits per heavy atom. The Hall–Kier alpha value is -0.470. The molecule has 1 aromatic carbocycles. The van der Waals surface area contributed by atoms with E-state index in [1.165, 1.54) is 82.6 Å². The SMILES string of the molecule is CCCCCCCCCc1cccc([PH](O)(O)O)c1CCCCCCCCC. The van der Waals surface area contributed by atoms with Crippen molar-refractivity contribution in [1.82, 2.24) is 0 Å². The predicted octanol–water partition coefficient (Wildman–Crippen LogP) is 6.37. The Morgan fingerprint density at radius 2 is 1.07 bits per heavy atom. The van der Waals surface area contributed by atoms with Gasteiger partial charge >= 0.3 is 174 Å². The molecule has 0 radical (unpaired) electrons. The fourth-order valence-corrected chi connectivity index (χ4v) is 5.02. The van der Waals surface area contributed by atoms with Gasteiger partial charge in [0.2, 0.25) is 0 Å². The molecular weight excluding hydrogens is 367 g/mol. The van der Waals surface area contributed by atoms with Crippen LogP contribution in [0.1, 0.15) is 115 Å². The first kappa shape index (κ1) is 25.6. The summed E-state index contributed by atoms with van der Waals surface area (Å²) in [5.74, 6) is 0. The first-order valence-electron chi connectivity index (χ1n) is 11.8. The van der Waals surface area contributed by atoms with Gasteiger partial charge in [-0.15, -0.1) is 0 Å². The molecule has 0 unspecified atom stereocenters. The molecule has 0 heterocycles. The van der Waals surface area contributed by atoms with Gasteiger partial charge in [-0.25, -0.2) is 0 Å². The third kappa shape index (κ3) is 10.9. The molecule has 0 aliphatic rings. The van der Waals surface area contributed by atoms with E-state index >= 15 is 0 Å². The molecule has 0 amide bonds. The molecular formula is C24H45O3P. The molecule has 1 aromatic rings. The Bertz CT molecular complexity index is 511. The molecule has 1 rings (SSSR count). The normalized spacial score (nSPS) is 12.5. The summed E-state index contributed by atoms with van der Waals surface area (Å²) in [6.07, 6.45) is 19.4. The van der Waals surface area contributed by atoms with Crippen LogP contribution in [-0.2, 0) is 12.8 Å². The minimum atomic E-state index is -4.26. The van der Waals surface area contributed by atoms with Gasteiger partial charge in [-0.2, -0.15) is 0 Å². The summed E-state index contributed by atoms with van der Waals surface area (Å²) in [5, 5.41) is 0.402. The zero-order valence-electron chi connectivity index (χ0n) is 18.4. The van der Waals surface area contributed by atoms with Crippen LogP contribution in [0, 0.1) is 0 Å². The van der Waals surface area contributed by atoms with Crippen LogP contribution in [-0.4, -0.2) is 14.7 Å². The predicted molar refractivity (Wildman–Crippen MR) is 124 cm³/mol. The third-order valence-corrected chi connectivity index (χ3v) is 6.91. The molecule has 0 atom stereocenters. The zero-order chi connectivity index (χ0) is 20.7. The number of hydrogen-bond donors (Lipinski definition) is 3. The third-order valence-electron chi connectivity index (χ3n) is 5.71. The molecule has 28 heavy (non-hydrogen) atoms. The number of unbranched alkanes of at least 4 members (excludes halogenated alkanes) is 12. The Labute approximate surface area is 174 Å². The van der Waals surface area contributed by atoms with Crippen LogP contribution in [0.5, 0.6) is 0 Å². The fourth-order valence-electron chi connectivity index (χ4n) is 4.01. The molecule has 0 fully saturated rings. The van der Waals surface area contributed by atoms with Crippen LogP contribution in [0.3, 0.4) is 0 Å². The summed E-state index contributed by atoms with van der Waals surface area (Å²) in [5.41, 5.74) is 2.20. The maximum atomic E-state index is 9.94. The van der Waals surface area contributed by atoms with Gasteiger partial charge in [-0.1, -0.05) is 0 Å². The summed E-state index contributed by atoms with van der Waals surface area (Å²) in [6, 6.07) is 5.68. The fraction of sp³-hybridized carbons (Fsp3) is 0.750. The number of benzene rings is 1. The van der Waals surface area contributed by atoms with Gasteiger partial charge in [0, 0.05) is 0 Å². The van der Waals surface area contributed by atoms with E-state index in [1.807, 2.05) is 6.07 Å². The molecule has 0 saturated carbocycles. The standard InChI is InChI=1S/C24H45O3P/c1-3-5-7-9-11-13-15-18-22-19-17-21-24(28(25,26)27)23(22)20-16-14-12-10-8-6-4-2/h17,19,21,25-28H,3-16,18,20H2,1-2H3. The summed E-state index contributed by atoms with van der Waals surface area (Å²) < 4.78 is 0. The van der Waals surface area contributed by atoms with Crippen molar-refractivity contribution in [2.45, 2.75) is 117 Å². The maximum absolute atomic E-state index is 9.94. The summed E-state index contributed by atoms with van der Waals surface area (Å²) in [4.78, 5) is 29.8. The summed E-state index contributed by atoms with van der Waals surface area (Å²) >= 11 is 0. The monoisotopic (exact) mass is 412 g/mol. The van der Waals surface area contributed by atoms with Crippen molar-refractivity contribution in [3.63, 3.8) is 0 Å². The van der Waals surface area contributed by atoms with Crippen LogP contribution < -0.4 is 5.30 Å². The van der Waals surface area contributed by atoms with Crippen molar-refractivity contribution in [3.05, 3.63) is 29.3 Å². The Balaban J connectivity index is 2.55. The van der Waals surface area contributed by atoms with Crippen molar-refractivity contribution in [2.24, 2.45) is 0 Å². The average molecular weight is 413 g/mol. The van der Waals surface area contributed by atoms with E-state index < -0.39 is 7.94 Å². The molecule has 3 nitrogen and oxygen atoms in total. The van der Waals surface area contributed by atoms with E-state index in [-0.39, 0.29) is 0 Å². The molecule has 0 aromatic heterocycles. The first-order chi connectivity index (χ1) is 13.5. The second-order valence-corrected chi connectivity index (χ2v) is 10.1. The van der Waals surface area contributed by atoms with Crippen LogP contribution >= 0.6 is 7.94 Å². The van der Waals surface area contributed by atoms with Crippen molar-refractivity contribution < 1.29 is 14.7 Å². The topological polar surface area (TPSA) is 60.7 Å². The molecule has 0 spiro atoms. The average Bonchev–Trinajstić information content (AvgIpc) is 2.66. The molecule has 0 aliphatic carbocycles. The summed E-state index contributed by atoms with van der Waals surface area (Å²) in [7, 11) is -4.26. The van der Waals surface area contributed by atoms with Crippen molar-refractivity contribution >= 4 is 13.2 Å². The van der Waals surface area contributed by atoms with E-state index in [2.05, 4.69) is 19.9 Å². The molecule has 4 heteroatoms. The quantitative estimate of drug-likeness (QED) is 0.206. The number of hydrogen-bond acceptors (Lipinski definition) is 3. The molecule has 164 valence electrons. The van der Waals surface area contributed by atoms with Gasteiger partial charge in [-0.05, 0) is 0 Å². The minimum absolute atomic E-state index is 0.402. The van der Waals surface area contributed by atoms with Crippen molar-refractivity contribution in [1.29, 1.82) is 0 Å². The van der Waals surface area contributed by atoms with Gasteiger partial charge in [0.05, 0.1) is 0 Å². The van der Waals surface area contributed by atoms with Gasteiger partial charge < -0.3 is 0 Å². The van der Waals surface area contributed by atoms with Gasteiger partial charge in [-0.3, -0.25) is 0 Å². The number of rotatable bonds is 17. The first-order valence-corrected chi connectivity index (χ1v) is 13.6. The van der Waals surface area contributed by atoms with Crippen molar-refractivity contribution in [3.8, 4) is 0 Å². The molecule has 3 N–H and O–H groups in total. The van der Waals surface area contributed by atoms with Crippen LogP contribution in [0.25, 0.3) is 0 Å². The van der Waals surface area contributed by atoms with E-state index in [0.717, 1.165) is 31.2 Å². The zero-order valence-corrected chi connectivity index (χ0v) is 19.4. The molecule has 0 bridgehead atoms. The van der Waals surface area contributed by atoms with Crippen molar-refractivity contribution in [2.75, 3.05) is 0 Å². The number of aryl methyl sites for hydroxylation is 1. The summed E-state index contributed by atoms with van der Waals surface area (Å²) in [6.45, 7) is 4.48. The van der Waals surface area contributed by atoms with Crippen LogP contribution in [0.15, 0.2) is 18.2 Å². The van der Waals surface area contributed by atoms with Crippen LogP contribution in [0.4, 0.5) is 0 Å². The Kier molecular flexibility index (Phi) is 14.0. The van der Waals surface area contributed by atoms with Gasteiger partial charge in [0.25, 0.3) is 0 Å². The molecule has 0 saturated heterocycles. The second-order valence-electron chi connectivity index (χ2n) is 8.32. The van der Waals surface area contributed by atoms with Crippen LogP contribution in [0.2, 0.25) is 0 Å². The second kappa shape index (κ2) is 15.4. The van der Waals surface area contributed by atoms with E-state index in [0.29, 0.717) is 5.30 Å². The van der Waals surface area contributed by atoms with E-state index in [1.54, 1.807) is 6.07 Å². The molecule has 0 aliphatic heterocycles. The van der Waals surface area contributed by atoms with E-state index in [9.17, 15) is 14.7 Å². The Morgan fingerprint density at radius 3 is 1.57 bits per heavy atom.